The van der Waals surface area contributed by atoms with Crippen LogP contribution in [0.3, 0.4) is 0 Å². The van der Waals surface area contributed by atoms with Crippen LogP contribution in [0.5, 0.6) is 0 Å². The molecule has 0 unspecified atom stereocenters. The molecule has 0 radical (unpaired) electrons. The Balaban J connectivity index is 1.31. The fraction of sp³-hybridized carbons (Fsp3) is 0.531. The Hall–Kier alpha value is -2.68. The summed E-state index contributed by atoms with van der Waals surface area (Å²) in [5.74, 6) is 0.500. The predicted octanol–water partition coefficient (Wildman–Crippen LogP) is 6.86. The van der Waals surface area contributed by atoms with Crippen molar-refractivity contribution in [2.24, 2.45) is 11.8 Å². The molecule has 1 fully saturated rings. The number of ketones is 1. The number of fused-ring (bicyclic) bond motifs is 1. The zero-order valence-electron chi connectivity index (χ0n) is 24.3. The second-order valence-corrected chi connectivity index (χ2v) is 12.4. The Labute approximate surface area is 252 Å². The number of nitrogens with one attached hydrogen (secondary N) is 2. The third-order valence-corrected chi connectivity index (χ3v) is 9.26. The molecule has 4 rings (SSSR count). The number of halogens is 1. The van der Waals surface area contributed by atoms with Crippen molar-refractivity contribution in [3.8, 4) is 0 Å². The van der Waals surface area contributed by atoms with Gasteiger partial charge in [0.15, 0.2) is 5.78 Å². The van der Waals surface area contributed by atoms with Gasteiger partial charge in [-0.15, -0.1) is 11.3 Å². The van der Waals surface area contributed by atoms with E-state index in [4.69, 9.17) is 11.8 Å². The summed E-state index contributed by atoms with van der Waals surface area (Å²) in [4.78, 5) is 44.2. The van der Waals surface area contributed by atoms with Crippen LogP contribution in [-0.2, 0) is 16.1 Å². The summed E-state index contributed by atoms with van der Waals surface area (Å²) >= 11 is 7.06. The van der Waals surface area contributed by atoms with Crippen LogP contribution in [0.1, 0.15) is 80.8 Å². The lowest BCUT2D eigenvalue weighted by Crippen LogP contribution is -2.35. The van der Waals surface area contributed by atoms with Gasteiger partial charge < -0.3 is 14.8 Å². The van der Waals surface area contributed by atoms with Crippen molar-refractivity contribution >= 4 is 56.6 Å². The first-order chi connectivity index (χ1) is 19.9. The third kappa shape index (κ3) is 8.43. The second kappa shape index (κ2) is 15.5. The number of unbranched alkanes of at least 4 members (excludes halogenated alkanes) is 3. The van der Waals surface area contributed by atoms with Gasteiger partial charge in [0.2, 0.25) is 11.8 Å². The van der Waals surface area contributed by atoms with Gasteiger partial charge in [0.05, 0.1) is 15.9 Å². The molecule has 0 atom stereocenters. The third-order valence-electron chi connectivity index (χ3n) is 8.22. The summed E-state index contributed by atoms with van der Waals surface area (Å²) in [6, 6.07) is 11.9. The van der Waals surface area contributed by atoms with Crippen LogP contribution in [0, 0.1) is 18.8 Å². The number of anilines is 1. The average Bonchev–Trinajstić information content (AvgIpc) is 3.56. The van der Waals surface area contributed by atoms with Gasteiger partial charge in [-0.1, -0.05) is 25.0 Å². The van der Waals surface area contributed by atoms with Crippen LogP contribution in [0.15, 0.2) is 41.8 Å². The first kappa shape index (κ1) is 31.3. The highest BCUT2D eigenvalue weighted by Crippen LogP contribution is 2.33. The molecule has 7 nitrogen and oxygen atoms in total. The molecule has 0 spiro atoms. The standard InChI is InChI=1S/C32H43ClN4O3S/c1-3-36(26-10-8-9-23(2)19-26)31(39)22-37-27-15-18-41-30(27)21-28(37)29(38)20-24-11-13-25(14-12-24)32(40)34-16-6-4-5-7-17-35-33/h8-10,15,18-19,21,24-25,35H,3-7,11-14,16-17,20,22H2,1-2H3,(H,34,40). The maximum Gasteiger partial charge on any atom is 0.246 e. The number of rotatable bonds is 15. The lowest BCUT2D eigenvalue weighted by Gasteiger charge is -2.27. The minimum Gasteiger partial charge on any atom is -0.356 e. The number of benzene rings is 1. The minimum atomic E-state index is -0.0327. The number of aryl methyl sites for hydroxylation is 1. The Bertz CT molecular complexity index is 1310. The van der Waals surface area contributed by atoms with Gasteiger partial charge >= 0.3 is 0 Å². The van der Waals surface area contributed by atoms with Gasteiger partial charge in [-0.05, 0) is 105 Å². The van der Waals surface area contributed by atoms with Crippen molar-refractivity contribution in [1.82, 2.24) is 14.7 Å². The molecule has 2 amide bonds. The highest BCUT2D eigenvalue weighted by molar-refractivity contribution is 7.17. The molecule has 2 heterocycles. The molecule has 1 aliphatic carbocycles. The zero-order chi connectivity index (χ0) is 29.2. The first-order valence-corrected chi connectivity index (χ1v) is 16.2. The van der Waals surface area contributed by atoms with E-state index >= 15 is 0 Å². The second-order valence-electron chi connectivity index (χ2n) is 11.2. The van der Waals surface area contributed by atoms with Gasteiger partial charge in [-0.2, -0.15) is 0 Å². The van der Waals surface area contributed by atoms with E-state index in [0.29, 0.717) is 18.7 Å². The smallest absolute Gasteiger partial charge is 0.246 e. The van der Waals surface area contributed by atoms with Gasteiger partial charge in [0.1, 0.15) is 6.54 Å². The Morgan fingerprint density at radius 3 is 2.49 bits per heavy atom. The summed E-state index contributed by atoms with van der Waals surface area (Å²) in [6.07, 6.45) is 8.06. The van der Waals surface area contributed by atoms with Crippen molar-refractivity contribution < 1.29 is 14.4 Å². The minimum absolute atomic E-state index is 0.0327. The summed E-state index contributed by atoms with van der Waals surface area (Å²) in [5, 5.41) is 5.11. The average molecular weight is 599 g/mol. The normalized spacial score (nSPS) is 17.0. The quantitative estimate of drug-likeness (QED) is 0.114. The molecule has 0 bridgehead atoms. The topological polar surface area (TPSA) is 83.4 Å². The van der Waals surface area contributed by atoms with E-state index in [1.165, 1.54) is 0 Å². The van der Waals surface area contributed by atoms with Crippen LogP contribution >= 0.6 is 23.1 Å². The Kier molecular flexibility index (Phi) is 11.8. The number of aromatic nitrogens is 1. The number of hydrogen-bond acceptors (Lipinski definition) is 5. The zero-order valence-corrected chi connectivity index (χ0v) is 25.9. The molecule has 9 heteroatoms. The van der Waals surface area contributed by atoms with Crippen molar-refractivity contribution in [3.05, 3.63) is 53.0 Å². The summed E-state index contributed by atoms with van der Waals surface area (Å²) in [6.45, 7) is 6.21. The molecule has 1 aromatic carbocycles. The van der Waals surface area contributed by atoms with E-state index in [1.54, 1.807) is 16.2 Å². The maximum absolute atomic E-state index is 13.6. The number of hydrogen-bond donors (Lipinski definition) is 2. The van der Waals surface area contributed by atoms with Crippen molar-refractivity contribution in [3.63, 3.8) is 0 Å². The van der Waals surface area contributed by atoms with Gasteiger partial charge in [0, 0.05) is 37.7 Å². The van der Waals surface area contributed by atoms with Gasteiger partial charge in [-0.3, -0.25) is 14.4 Å². The number of carbonyl (C=O) groups excluding carboxylic acids is 3. The molecular weight excluding hydrogens is 556 g/mol. The van der Waals surface area contributed by atoms with Crippen LogP contribution < -0.4 is 15.1 Å². The molecular formula is C32H43ClN4O3S. The molecule has 0 saturated heterocycles. The lowest BCUT2D eigenvalue weighted by atomic mass is 9.79. The molecule has 2 N–H and O–H groups in total. The molecule has 3 aromatic rings. The van der Waals surface area contributed by atoms with Crippen molar-refractivity contribution in [2.45, 2.75) is 78.2 Å². The molecule has 41 heavy (non-hydrogen) atoms. The molecule has 2 aromatic heterocycles. The highest BCUT2D eigenvalue weighted by Gasteiger charge is 2.29. The van der Waals surface area contributed by atoms with E-state index in [9.17, 15) is 14.4 Å². The fourth-order valence-electron chi connectivity index (χ4n) is 5.92. The van der Waals surface area contributed by atoms with Gasteiger partial charge in [-0.25, -0.2) is 4.84 Å². The number of Topliss-reactive ketones (excluding diaryl/α,β-unsaturated/α-hetero) is 1. The Morgan fingerprint density at radius 2 is 1.78 bits per heavy atom. The number of amides is 2. The van der Waals surface area contributed by atoms with E-state index < -0.39 is 0 Å². The van der Waals surface area contributed by atoms with E-state index in [2.05, 4.69) is 10.2 Å². The van der Waals surface area contributed by atoms with Gasteiger partial charge in [0.25, 0.3) is 0 Å². The fourth-order valence-corrected chi connectivity index (χ4v) is 6.88. The maximum atomic E-state index is 13.6. The predicted molar refractivity (Wildman–Crippen MR) is 169 cm³/mol. The van der Waals surface area contributed by atoms with Crippen LogP contribution in [-0.4, -0.2) is 41.8 Å². The number of carbonyl (C=O) groups is 3. The van der Waals surface area contributed by atoms with Crippen LogP contribution in [0.2, 0.25) is 0 Å². The molecule has 222 valence electrons. The molecule has 0 aliphatic heterocycles. The Morgan fingerprint density at radius 1 is 1.02 bits per heavy atom. The van der Waals surface area contributed by atoms with Crippen molar-refractivity contribution in [1.29, 1.82) is 0 Å². The summed E-state index contributed by atoms with van der Waals surface area (Å²) in [5.41, 5.74) is 3.52. The SMILES string of the molecule is CCN(C(=O)Cn1c(C(=O)CC2CCC(C(=O)NCCCCCCNCl)CC2)cc2sccc21)c1cccc(C)c1. The van der Waals surface area contributed by atoms with E-state index in [1.807, 2.05) is 60.2 Å². The summed E-state index contributed by atoms with van der Waals surface area (Å²) < 4.78 is 2.93. The lowest BCUT2D eigenvalue weighted by molar-refractivity contribution is -0.126. The number of nitrogens with zero attached hydrogens (tertiary/aromatic N) is 2. The molecule has 1 aliphatic rings. The van der Waals surface area contributed by atoms with E-state index in [-0.39, 0.29) is 36.0 Å². The van der Waals surface area contributed by atoms with E-state index in [0.717, 1.165) is 85.9 Å². The first-order valence-electron chi connectivity index (χ1n) is 15.0. The van der Waals surface area contributed by atoms with Crippen LogP contribution in [0.25, 0.3) is 10.2 Å². The summed E-state index contributed by atoms with van der Waals surface area (Å²) in [7, 11) is 0. The molecule has 1 saturated carbocycles. The highest BCUT2D eigenvalue weighted by atomic mass is 35.5. The number of thiophene rings is 1. The monoisotopic (exact) mass is 598 g/mol. The van der Waals surface area contributed by atoms with Crippen LogP contribution in [0.4, 0.5) is 5.69 Å². The largest absolute Gasteiger partial charge is 0.356 e. The van der Waals surface area contributed by atoms with Crippen molar-refractivity contribution in [2.75, 3.05) is 24.5 Å². The number of likely N-dealkylation sites (N-methyl/N-ethyl adjacent to an activating group) is 1.